The van der Waals surface area contributed by atoms with E-state index in [1.807, 2.05) is 13.8 Å². The van der Waals surface area contributed by atoms with Gasteiger partial charge in [0.15, 0.2) is 0 Å². The van der Waals surface area contributed by atoms with Crippen LogP contribution in [0.5, 0.6) is 0 Å². The summed E-state index contributed by atoms with van der Waals surface area (Å²) in [7, 11) is 0. The number of hydrogen-bond donors (Lipinski definition) is 7. The molecular formula is C16H28N4O7S. The lowest BCUT2D eigenvalue weighted by atomic mass is 10.0. The van der Waals surface area contributed by atoms with E-state index >= 15 is 0 Å². The van der Waals surface area contributed by atoms with Crippen LogP contribution in [0, 0.1) is 5.92 Å². The molecule has 0 aliphatic carbocycles. The molecule has 0 saturated heterocycles. The fourth-order valence-corrected chi connectivity index (χ4v) is 2.41. The molecule has 0 aliphatic heterocycles. The number of carboxylic acid groups (broad SMARTS) is 2. The molecule has 0 bridgehead atoms. The van der Waals surface area contributed by atoms with Crippen molar-refractivity contribution >= 4 is 42.3 Å². The van der Waals surface area contributed by atoms with Crippen molar-refractivity contribution in [2.75, 3.05) is 12.3 Å². The van der Waals surface area contributed by atoms with Crippen molar-refractivity contribution in [1.82, 2.24) is 16.0 Å². The summed E-state index contributed by atoms with van der Waals surface area (Å²) >= 11 is 3.99. The van der Waals surface area contributed by atoms with Crippen molar-refractivity contribution < 1.29 is 34.2 Å². The summed E-state index contributed by atoms with van der Waals surface area (Å²) in [6.45, 7) is 3.25. The highest BCUT2D eigenvalue weighted by Crippen LogP contribution is 2.03. The van der Waals surface area contributed by atoms with Crippen LogP contribution in [0.2, 0.25) is 0 Å². The van der Waals surface area contributed by atoms with Gasteiger partial charge < -0.3 is 31.9 Å². The van der Waals surface area contributed by atoms with Gasteiger partial charge in [0, 0.05) is 12.2 Å². The molecule has 3 unspecified atom stereocenters. The minimum Gasteiger partial charge on any atom is -0.481 e. The van der Waals surface area contributed by atoms with Crippen molar-refractivity contribution in [3.8, 4) is 0 Å². The van der Waals surface area contributed by atoms with Gasteiger partial charge in [-0.05, 0) is 18.8 Å². The third kappa shape index (κ3) is 10.7. The van der Waals surface area contributed by atoms with Gasteiger partial charge in [-0.25, -0.2) is 4.79 Å². The Bertz CT molecular complexity index is 585. The maximum absolute atomic E-state index is 12.1. The standard InChI is InChI=1S/C16H28N4O7S/c1-8(2)5-9(17)14(24)20-11(7-28)15(25)18-6-12(21)19-10(16(26)27)3-4-13(22)23/h8-11,28H,3-7,17H2,1-2H3,(H,18,25)(H,19,21)(H,20,24)(H,22,23)(H,26,27). The van der Waals surface area contributed by atoms with E-state index in [4.69, 9.17) is 15.9 Å². The van der Waals surface area contributed by atoms with Gasteiger partial charge in [0.05, 0.1) is 12.6 Å². The monoisotopic (exact) mass is 420 g/mol. The van der Waals surface area contributed by atoms with Gasteiger partial charge in [0.25, 0.3) is 0 Å². The zero-order chi connectivity index (χ0) is 21.9. The zero-order valence-electron chi connectivity index (χ0n) is 15.8. The lowest BCUT2D eigenvalue weighted by Gasteiger charge is -2.20. The van der Waals surface area contributed by atoms with Gasteiger partial charge in [-0.15, -0.1) is 0 Å². The van der Waals surface area contributed by atoms with Gasteiger partial charge in [0.2, 0.25) is 17.7 Å². The number of carbonyl (C=O) groups excluding carboxylic acids is 3. The summed E-state index contributed by atoms with van der Waals surface area (Å²) in [6, 6.07) is -3.21. The topological polar surface area (TPSA) is 188 Å². The Kier molecular flexibility index (Phi) is 11.9. The molecule has 0 rings (SSSR count). The van der Waals surface area contributed by atoms with Crippen LogP contribution in [0.3, 0.4) is 0 Å². The fourth-order valence-electron chi connectivity index (χ4n) is 2.15. The van der Waals surface area contributed by atoms with Gasteiger partial charge in [-0.2, -0.15) is 12.6 Å². The predicted octanol–water partition coefficient (Wildman–Crippen LogP) is -1.68. The Balaban J connectivity index is 4.57. The lowest BCUT2D eigenvalue weighted by Crippen LogP contribution is -2.54. The molecule has 7 N–H and O–H groups in total. The number of thiol groups is 1. The maximum Gasteiger partial charge on any atom is 0.326 e. The normalized spacial score (nSPS) is 13.9. The molecule has 0 radical (unpaired) electrons. The maximum atomic E-state index is 12.1. The van der Waals surface area contributed by atoms with Crippen LogP contribution in [0.15, 0.2) is 0 Å². The van der Waals surface area contributed by atoms with Crippen LogP contribution in [0.1, 0.15) is 33.1 Å². The first kappa shape index (κ1) is 25.7. The molecule has 3 amide bonds. The summed E-state index contributed by atoms with van der Waals surface area (Å²) in [4.78, 5) is 57.5. The number of aliphatic carboxylic acids is 2. The summed E-state index contributed by atoms with van der Waals surface area (Å²) in [6.07, 6.45) is -0.302. The number of carboxylic acids is 2. The number of rotatable bonds is 13. The van der Waals surface area contributed by atoms with E-state index in [0.717, 1.165) is 0 Å². The Morgan fingerprint density at radius 2 is 1.61 bits per heavy atom. The first-order valence-corrected chi connectivity index (χ1v) is 9.29. The minimum atomic E-state index is -1.39. The van der Waals surface area contributed by atoms with Gasteiger partial charge >= 0.3 is 11.9 Å². The predicted molar refractivity (Wildman–Crippen MR) is 103 cm³/mol. The Morgan fingerprint density at radius 3 is 2.07 bits per heavy atom. The van der Waals surface area contributed by atoms with Gasteiger partial charge in [-0.1, -0.05) is 13.8 Å². The van der Waals surface area contributed by atoms with Crippen molar-refractivity contribution in [3.05, 3.63) is 0 Å². The molecule has 0 heterocycles. The number of carbonyl (C=O) groups is 5. The number of nitrogens with one attached hydrogen (secondary N) is 3. The third-order valence-electron chi connectivity index (χ3n) is 3.58. The lowest BCUT2D eigenvalue weighted by molar-refractivity contribution is -0.143. The van der Waals surface area contributed by atoms with Crippen molar-refractivity contribution in [2.45, 2.75) is 51.2 Å². The van der Waals surface area contributed by atoms with E-state index in [0.29, 0.717) is 6.42 Å². The molecule has 0 aromatic heterocycles. The van der Waals surface area contributed by atoms with E-state index < -0.39 is 60.8 Å². The highest BCUT2D eigenvalue weighted by molar-refractivity contribution is 7.80. The Labute approximate surface area is 168 Å². The molecule has 28 heavy (non-hydrogen) atoms. The number of amides is 3. The molecule has 0 aliphatic rings. The number of hydrogen-bond acceptors (Lipinski definition) is 7. The number of nitrogens with two attached hydrogens (primary N) is 1. The Morgan fingerprint density at radius 1 is 1.00 bits per heavy atom. The SMILES string of the molecule is CC(C)CC(N)C(=O)NC(CS)C(=O)NCC(=O)NC(CCC(=O)O)C(=O)O. The van der Waals surface area contributed by atoms with E-state index in [2.05, 4.69) is 28.6 Å². The molecular weight excluding hydrogens is 392 g/mol. The van der Waals surface area contributed by atoms with E-state index in [-0.39, 0.29) is 18.1 Å². The van der Waals surface area contributed by atoms with Crippen molar-refractivity contribution in [2.24, 2.45) is 11.7 Å². The van der Waals surface area contributed by atoms with Gasteiger partial charge in [-0.3, -0.25) is 19.2 Å². The van der Waals surface area contributed by atoms with Crippen molar-refractivity contribution in [3.63, 3.8) is 0 Å². The highest BCUT2D eigenvalue weighted by atomic mass is 32.1. The summed E-state index contributed by atoms with van der Waals surface area (Å²) in [5, 5.41) is 24.4. The highest BCUT2D eigenvalue weighted by Gasteiger charge is 2.25. The second-order valence-electron chi connectivity index (χ2n) is 6.59. The van der Waals surface area contributed by atoms with Crippen LogP contribution < -0.4 is 21.7 Å². The van der Waals surface area contributed by atoms with Gasteiger partial charge in [0.1, 0.15) is 12.1 Å². The molecule has 12 heteroatoms. The minimum absolute atomic E-state index is 0.0377. The quantitative estimate of drug-likeness (QED) is 0.172. The zero-order valence-corrected chi connectivity index (χ0v) is 16.7. The molecule has 3 atom stereocenters. The second-order valence-corrected chi connectivity index (χ2v) is 6.95. The third-order valence-corrected chi connectivity index (χ3v) is 3.95. The first-order chi connectivity index (χ1) is 13.0. The van der Waals surface area contributed by atoms with Crippen LogP contribution in [-0.4, -0.2) is 70.3 Å². The van der Waals surface area contributed by atoms with E-state index in [1.54, 1.807) is 0 Å². The van der Waals surface area contributed by atoms with Crippen LogP contribution in [0.4, 0.5) is 0 Å². The molecule has 0 aromatic carbocycles. The largest absolute Gasteiger partial charge is 0.481 e. The summed E-state index contributed by atoms with van der Waals surface area (Å²) in [5.41, 5.74) is 5.75. The second kappa shape index (κ2) is 12.9. The molecule has 160 valence electrons. The summed E-state index contributed by atoms with van der Waals surface area (Å²) in [5.74, 6) is -4.45. The summed E-state index contributed by atoms with van der Waals surface area (Å²) < 4.78 is 0. The van der Waals surface area contributed by atoms with Crippen LogP contribution in [-0.2, 0) is 24.0 Å². The van der Waals surface area contributed by atoms with E-state index in [1.165, 1.54) is 0 Å². The smallest absolute Gasteiger partial charge is 0.326 e. The molecule has 0 fully saturated rings. The molecule has 0 aromatic rings. The average Bonchev–Trinajstić information content (AvgIpc) is 2.59. The molecule has 0 spiro atoms. The van der Waals surface area contributed by atoms with Crippen LogP contribution >= 0.6 is 12.6 Å². The van der Waals surface area contributed by atoms with Crippen molar-refractivity contribution in [1.29, 1.82) is 0 Å². The van der Waals surface area contributed by atoms with E-state index in [9.17, 15) is 24.0 Å². The first-order valence-electron chi connectivity index (χ1n) is 8.66. The molecule has 0 saturated carbocycles. The average molecular weight is 420 g/mol. The molecule has 11 nitrogen and oxygen atoms in total. The fraction of sp³-hybridized carbons (Fsp3) is 0.688. The Hall–Kier alpha value is -2.34. The van der Waals surface area contributed by atoms with Crippen LogP contribution in [0.25, 0.3) is 0 Å².